The summed E-state index contributed by atoms with van der Waals surface area (Å²) in [6.07, 6.45) is 1.05. The fourth-order valence-corrected chi connectivity index (χ4v) is 4.36. The molecule has 0 saturated carbocycles. The Morgan fingerprint density at radius 3 is 2.33 bits per heavy atom. The third-order valence-corrected chi connectivity index (χ3v) is 6.19. The summed E-state index contributed by atoms with van der Waals surface area (Å²) in [7, 11) is 4.30. The summed E-state index contributed by atoms with van der Waals surface area (Å²) < 4.78 is 21.8. The van der Waals surface area contributed by atoms with E-state index in [0.717, 1.165) is 0 Å². The van der Waals surface area contributed by atoms with Gasteiger partial charge in [0.05, 0.1) is 44.3 Å². The van der Waals surface area contributed by atoms with E-state index in [2.05, 4.69) is 0 Å². The number of ketones is 1. The van der Waals surface area contributed by atoms with Gasteiger partial charge in [0.15, 0.2) is 17.3 Å². The van der Waals surface area contributed by atoms with Crippen molar-refractivity contribution >= 4 is 17.4 Å². The number of Topliss-reactive ketones (excluding diaryl/α,β-unsaturated/α-hetero) is 1. The van der Waals surface area contributed by atoms with Crippen LogP contribution >= 0.6 is 0 Å². The number of carbonyl (C=O) groups excluding carboxylic acids is 2. The summed E-state index contributed by atoms with van der Waals surface area (Å²) in [5, 5.41) is 11.6. The Labute approximate surface area is 190 Å². The number of amides is 1. The van der Waals surface area contributed by atoms with Crippen LogP contribution in [0.2, 0.25) is 0 Å². The third kappa shape index (κ3) is 4.04. The lowest BCUT2D eigenvalue weighted by Gasteiger charge is -2.44. The summed E-state index contributed by atoms with van der Waals surface area (Å²) in [4.78, 5) is 38.5. The number of nitro groups is 1. The maximum Gasteiger partial charge on any atom is 0.286 e. The van der Waals surface area contributed by atoms with Crippen molar-refractivity contribution in [1.29, 1.82) is 0 Å². The molecule has 1 spiro atoms. The molecule has 0 aliphatic carbocycles. The fourth-order valence-electron chi connectivity index (χ4n) is 4.36. The molecule has 10 nitrogen and oxygen atoms in total. The quantitative estimate of drug-likeness (QED) is 0.497. The van der Waals surface area contributed by atoms with Crippen LogP contribution in [0.5, 0.6) is 23.0 Å². The van der Waals surface area contributed by atoms with Crippen molar-refractivity contribution in [3.63, 3.8) is 0 Å². The van der Waals surface area contributed by atoms with Crippen molar-refractivity contribution < 1.29 is 33.5 Å². The van der Waals surface area contributed by atoms with E-state index in [0.29, 0.717) is 29.9 Å². The molecule has 1 saturated heterocycles. The summed E-state index contributed by atoms with van der Waals surface area (Å²) in [5.74, 6) is 0.956. The Kier molecular flexibility index (Phi) is 5.84. The highest BCUT2D eigenvalue weighted by atomic mass is 16.6. The van der Waals surface area contributed by atoms with E-state index in [9.17, 15) is 19.7 Å². The highest BCUT2D eigenvalue weighted by Crippen LogP contribution is 2.41. The average molecular weight is 456 g/mol. The fraction of sp³-hybridized carbons (Fsp3) is 0.391. The van der Waals surface area contributed by atoms with Gasteiger partial charge in [-0.3, -0.25) is 19.7 Å². The normalized spacial score (nSPS) is 16.6. The van der Waals surface area contributed by atoms with E-state index >= 15 is 0 Å². The zero-order valence-electron chi connectivity index (χ0n) is 18.6. The van der Waals surface area contributed by atoms with Gasteiger partial charge in [-0.2, -0.15) is 0 Å². The van der Waals surface area contributed by atoms with Gasteiger partial charge in [0.1, 0.15) is 22.7 Å². The number of carbonyl (C=O) groups is 2. The molecule has 2 heterocycles. The smallest absolute Gasteiger partial charge is 0.286 e. The maximum atomic E-state index is 13.2. The van der Waals surface area contributed by atoms with Gasteiger partial charge in [-0.25, -0.2) is 0 Å². The Morgan fingerprint density at radius 1 is 1.06 bits per heavy atom. The van der Waals surface area contributed by atoms with E-state index in [-0.39, 0.29) is 48.0 Å². The number of nitro benzene ring substituents is 1. The highest BCUT2D eigenvalue weighted by Gasteiger charge is 2.44. The van der Waals surface area contributed by atoms with Crippen molar-refractivity contribution in [3.05, 3.63) is 51.6 Å². The summed E-state index contributed by atoms with van der Waals surface area (Å²) >= 11 is 0. The van der Waals surface area contributed by atoms with Gasteiger partial charge in [0.25, 0.3) is 11.6 Å². The number of hydrogen-bond donors (Lipinski definition) is 0. The molecule has 2 aliphatic heterocycles. The molecule has 33 heavy (non-hydrogen) atoms. The van der Waals surface area contributed by atoms with E-state index < -0.39 is 16.4 Å². The van der Waals surface area contributed by atoms with Crippen molar-refractivity contribution in [1.82, 2.24) is 4.90 Å². The summed E-state index contributed by atoms with van der Waals surface area (Å²) in [6, 6.07) is 7.61. The Balaban J connectivity index is 1.55. The minimum atomic E-state index is -0.725. The number of likely N-dealkylation sites (tertiary alicyclic amines) is 1. The van der Waals surface area contributed by atoms with Crippen molar-refractivity contribution in [2.24, 2.45) is 0 Å². The third-order valence-electron chi connectivity index (χ3n) is 6.19. The molecule has 0 radical (unpaired) electrons. The van der Waals surface area contributed by atoms with Gasteiger partial charge in [0.2, 0.25) is 0 Å². The molecule has 0 bridgehead atoms. The van der Waals surface area contributed by atoms with Crippen LogP contribution in [0.3, 0.4) is 0 Å². The van der Waals surface area contributed by atoms with Crippen LogP contribution in [-0.4, -0.2) is 61.5 Å². The van der Waals surface area contributed by atoms with Crippen molar-refractivity contribution in [2.45, 2.75) is 24.9 Å². The predicted octanol–water partition coefficient (Wildman–Crippen LogP) is 3.26. The van der Waals surface area contributed by atoms with Gasteiger partial charge in [-0.15, -0.1) is 0 Å². The second-order valence-corrected chi connectivity index (χ2v) is 8.02. The van der Waals surface area contributed by atoms with Gasteiger partial charge in [-0.05, 0) is 12.1 Å². The van der Waals surface area contributed by atoms with Crippen LogP contribution in [0.25, 0.3) is 0 Å². The average Bonchev–Trinajstić information content (AvgIpc) is 2.82. The SMILES string of the molecule is COc1ccc2c(c1)OC1(CCN(C(=O)c3cc(OC)c(OC)cc3[N+](=O)[O-])CC1)CC2=O. The first-order valence-corrected chi connectivity index (χ1v) is 10.4. The van der Waals surface area contributed by atoms with E-state index in [1.807, 2.05) is 0 Å². The molecule has 2 aromatic carbocycles. The predicted molar refractivity (Wildman–Crippen MR) is 117 cm³/mol. The first-order valence-electron chi connectivity index (χ1n) is 10.4. The molecular weight excluding hydrogens is 432 g/mol. The molecule has 0 atom stereocenters. The number of fused-ring (bicyclic) bond motifs is 1. The van der Waals surface area contributed by atoms with Crippen LogP contribution in [0.4, 0.5) is 5.69 Å². The minimum absolute atomic E-state index is 0.0193. The lowest BCUT2D eigenvalue weighted by Crippen LogP contribution is -2.52. The Morgan fingerprint density at radius 2 is 1.73 bits per heavy atom. The number of methoxy groups -OCH3 is 3. The lowest BCUT2D eigenvalue weighted by atomic mass is 9.82. The second kappa shape index (κ2) is 8.61. The van der Waals surface area contributed by atoms with Crippen LogP contribution in [0.15, 0.2) is 30.3 Å². The monoisotopic (exact) mass is 456 g/mol. The largest absolute Gasteiger partial charge is 0.497 e. The van der Waals surface area contributed by atoms with Crippen molar-refractivity contribution in [3.8, 4) is 23.0 Å². The highest BCUT2D eigenvalue weighted by molar-refractivity contribution is 6.01. The topological polar surface area (TPSA) is 117 Å². The van der Waals surface area contributed by atoms with Crippen LogP contribution in [-0.2, 0) is 0 Å². The zero-order chi connectivity index (χ0) is 23.8. The van der Waals surface area contributed by atoms with E-state index in [1.165, 1.54) is 31.3 Å². The molecule has 1 fully saturated rings. The van der Waals surface area contributed by atoms with Crippen LogP contribution < -0.4 is 18.9 Å². The lowest BCUT2D eigenvalue weighted by molar-refractivity contribution is -0.385. The molecule has 4 rings (SSSR count). The maximum absolute atomic E-state index is 13.2. The van der Waals surface area contributed by atoms with Crippen LogP contribution in [0, 0.1) is 10.1 Å². The number of piperidine rings is 1. The minimum Gasteiger partial charge on any atom is -0.497 e. The number of nitrogens with zero attached hydrogens (tertiary/aromatic N) is 2. The number of ether oxygens (including phenoxy) is 4. The molecule has 2 aromatic rings. The van der Waals surface area contributed by atoms with Gasteiger partial charge in [-0.1, -0.05) is 0 Å². The zero-order valence-corrected chi connectivity index (χ0v) is 18.6. The van der Waals surface area contributed by atoms with Gasteiger partial charge >= 0.3 is 0 Å². The molecule has 0 aromatic heterocycles. The molecule has 2 aliphatic rings. The Hall–Kier alpha value is -3.82. The summed E-state index contributed by atoms with van der Waals surface area (Å²) in [5.41, 5.74) is -0.648. The molecule has 10 heteroatoms. The molecule has 1 amide bonds. The van der Waals surface area contributed by atoms with E-state index in [4.69, 9.17) is 18.9 Å². The van der Waals surface area contributed by atoms with E-state index in [1.54, 1.807) is 25.3 Å². The molecule has 0 unspecified atom stereocenters. The standard InChI is InChI=1S/C23H24N2O8/c1-30-14-4-5-15-18(26)13-23(33-19(15)10-14)6-8-24(9-7-23)22(27)16-11-20(31-2)21(32-3)12-17(16)25(28)29/h4-5,10-12H,6-9,13H2,1-3H3. The first kappa shape index (κ1) is 22.4. The van der Waals surface area contributed by atoms with Crippen molar-refractivity contribution in [2.75, 3.05) is 34.4 Å². The van der Waals surface area contributed by atoms with Gasteiger partial charge in [0, 0.05) is 38.1 Å². The molecule has 0 N–H and O–H groups in total. The second-order valence-electron chi connectivity index (χ2n) is 8.02. The van der Waals surface area contributed by atoms with Crippen LogP contribution in [0.1, 0.15) is 40.0 Å². The molecule has 174 valence electrons. The Bertz CT molecular complexity index is 1120. The number of benzene rings is 2. The first-order chi connectivity index (χ1) is 15.8. The van der Waals surface area contributed by atoms with Gasteiger partial charge < -0.3 is 23.8 Å². The molecular formula is C23H24N2O8. The number of rotatable bonds is 5. The summed E-state index contributed by atoms with van der Waals surface area (Å²) in [6.45, 7) is 0.577. The number of hydrogen-bond acceptors (Lipinski definition) is 8.